The summed E-state index contributed by atoms with van der Waals surface area (Å²) >= 11 is 3.22. The highest BCUT2D eigenvalue weighted by Gasteiger charge is 2.20. The number of benzene rings is 1. The second-order valence-electron chi connectivity index (χ2n) is 4.46. The van der Waals surface area contributed by atoms with Crippen LogP contribution in [0.1, 0.15) is 18.4 Å². The van der Waals surface area contributed by atoms with Gasteiger partial charge in [-0.05, 0) is 18.6 Å². The Morgan fingerprint density at radius 2 is 2.32 bits per heavy atom. The van der Waals surface area contributed by atoms with E-state index in [9.17, 15) is 14.9 Å². The van der Waals surface area contributed by atoms with Crippen LogP contribution < -0.4 is 10.6 Å². The van der Waals surface area contributed by atoms with Crippen molar-refractivity contribution in [3.63, 3.8) is 0 Å². The molecule has 0 aliphatic carbocycles. The van der Waals surface area contributed by atoms with E-state index in [1.54, 1.807) is 12.1 Å². The van der Waals surface area contributed by atoms with Gasteiger partial charge in [-0.15, -0.1) is 0 Å². The van der Waals surface area contributed by atoms with Crippen LogP contribution in [0.25, 0.3) is 0 Å². The molecule has 2 rings (SSSR count). The molecule has 1 amide bonds. The zero-order valence-electron chi connectivity index (χ0n) is 10.2. The molecule has 102 valence electrons. The van der Waals surface area contributed by atoms with Gasteiger partial charge in [0.05, 0.1) is 4.92 Å². The molecule has 1 aliphatic rings. The fourth-order valence-electron chi connectivity index (χ4n) is 2.07. The topological polar surface area (TPSA) is 84.3 Å². The SMILES string of the molecule is O=C1CCC(CNCc2ccc(Br)cc2[N+](=O)[O-])N1. The number of hydrogen-bond donors (Lipinski definition) is 2. The first-order valence-corrected chi connectivity index (χ1v) is 6.78. The van der Waals surface area contributed by atoms with Gasteiger partial charge < -0.3 is 10.6 Å². The van der Waals surface area contributed by atoms with Gasteiger partial charge in [0.15, 0.2) is 0 Å². The molecule has 1 saturated heterocycles. The van der Waals surface area contributed by atoms with Crippen molar-refractivity contribution in [3.8, 4) is 0 Å². The molecular formula is C12H14BrN3O3. The summed E-state index contributed by atoms with van der Waals surface area (Å²) in [4.78, 5) is 21.6. The van der Waals surface area contributed by atoms with Crippen LogP contribution in [-0.4, -0.2) is 23.4 Å². The van der Waals surface area contributed by atoms with Gasteiger partial charge in [-0.1, -0.05) is 15.9 Å². The quantitative estimate of drug-likeness (QED) is 0.637. The van der Waals surface area contributed by atoms with Crippen molar-refractivity contribution in [2.45, 2.75) is 25.4 Å². The summed E-state index contributed by atoms with van der Waals surface area (Å²) in [5, 5.41) is 16.9. The molecular weight excluding hydrogens is 314 g/mol. The maximum Gasteiger partial charge on any atom is 0.275 e. The molecule has 1 heterocycles. The number of hydrogen-bond acceptors (Lipinski definition) is 4. The molecule has 1 unspecified atom stereocenters. The Kier molecular flexibility index (Phi) is 4.49. The third-order valence-corrected chi connectivity index (χ3v) is 3.53. The zero-order chi connectivity index (χ0) is 13.8. The Hall–Kier alpha value is -1.47. The van der Waals surface area contributed by atoms with Crippen molar-refractivity contribution in [3.05, 3.63) is 38.3 Å². The van der Waals surface area contributed by atoms with Crippen molar-refractivity contribution >= 4 is 27.5 Å². The molecule has 2 N–H and O–H groups in total. The second kappa shape index (κ2) is 6.12. The summed E-state index contributed by atoms with van der Waals surface area (Å²) in [6.45, 7) is 1.04. The number of nitrogens with zero attached hydrogens (tertiary/aromatic N) is 1. The van der Waals surface area contributed by atoms with Crippen molar-refractivity contribution in [2.24, 2.45) is 0 Å². The van der Waals surface area contributed by atoms with Crippen LogP contribution in [0.2, 0.25) is 0 Å². The maximum absolute atomic E-state index is 11.0. The standard InChI is InChI=1S/C12H14BrN3O3/c13-9-2-1-8(11(5-9)16(18)19)6-14-7-10-3-4-12(17)15-10/h1-2,5,10,14H,3-4,6-7H2,(H,15,17). The fourth-order valence-corrected chi connectivity index (χ4v) is 2.42. The van der Waals surface area contributed by atoms with Crippen molar-refractivity contribution in [1.82, 2.24) is 10.6 Å². The summed E-state index contributed by atoms with van der Waals surface area (Å²) < 4.78 is 0.686. The van der Waals surface area contributed by atoms with Gasteiger partial charge in [-0.2, -0.15) is 0 Å². The third kappa shape index (κ3) is 3.74. The first-order valence-electron chi connectivity index (χ1n) is 5.99. The van der Waals surface area contributed by atoms with Crippen LogP contribution in [-0.2, 0) is 11.3 Å². The predicted molar refractivity (Wildman–Crippen MR) is 73.7 cm³/mol. The lowest BCUT2D eigenvalue weighted by atomic mass is 10.1. The fraction of sp³-hybridized carbons (Fsp3) is 0.417. The molecule has 1 aromatic carbocycles. The summed E-state index contributed by atoms with van der Waals surface area (Å²) in [6.07, 6.45) is 1.37. The lowest BCUT2D eigenvalue weighted by Crippen LogP contribution is -2.35. The normalized spacial score (nSPS) is 18.4. The molecule has 6 nitrogen and oxygen atoms in total. The predicted octanol–water partition coefficient (Wildman–Crippen LogP) is 1.73. The first kappa shape index (κ1) is 14.0. The molecule has 19 heavy (non-hydrogen) atoms. The van der Waals surface area contributed by atoms with E-state index in [0.717, 1.165) is 6.42 Å². The van der Waals surface area contributed by atoms with E-state index in [1.165, 1.54) is 6.07 Å². The Bertz CT molecular complexity index is 507. The van der Waals surface area contributed by atoms with Gasteiger partial charge in [-0.25, -0.2) is 0 Å². The second-order valence-corrected chi connectivity index (χ2v) is 5.38. The summed E-state index contributed by atoms with van der Waals surface area (Å²) in [6, 6.07) is 5.13. The van der Waals surface area contributed by atoms with Gasteiger partial charge in [-0.3, -0.25) is 14.9 Å². The van der Waals surface area contributed by atoms with E-state index in [4.69, 9.17) is 0 Å². The van der Waals surface area contributed by atoms with E-state index in [1.807, 2.05) is 0 Å². The Morgan fingerprint density at radius 1 is 1.53 bits per heavy atom. The van der Waals surface area contributed by atoms with Gasteiger partial charge in [0.2, 0.25) is 5.91 Å². The minimum atomic E-state index is -0.390. The van der Waals surface area contributed by atoms with E-state index in [0.29, 0.717) is 29.5 Å². The average Bonchev–Trinajstić information content (AvgIpc) is 2.77. The number of nitro benzene ring substituents is 1. The minimum Gasteiger partial charge on any atom is -0.352 e. The molecule has 1 aromatic rings. The summed E-state index contributed by atoms with van der Waals surface area (Å²) in [7, 11) is 0. The summed E-state index contributed by atoms with van der Waals surface area (Å²) in [5.41, 5.74) is 0.731. The number of halogens is 1. The van der Waals surface area contributed by atoms with Crippen molar-refractivity contribution in [1.29, 1.82) is 0 Å². The molecule has 0 radical (unpaired) electrons. The minimum absolute atomic E-state index is 0.0708. The van der Waals surface area contributed by atoms with Crippen LogP contribution in [0.15, 0.2) is 22.7 Å². The number of carbonyl (C=O) groups excluding carboxylic acids is 1. The molecule has 1 fully saturated rings. The molecule has 0 spiro atoms. The van der Waals surface area contributed by atoms with Gasteiger partial charge in [0, 0.05) is 41.7 Å². The molecule has 1 aliphatic heterocycles. The monoisotopic (exact) mass is 327 g/mol. The summed E-state index contributed by atoms with van der Waals surface area (Å²) in [5.74, 6) is 0.0708. The number of amides is 1. The van der Waals surface area contributed by atoms with Crippen LogP contribution in [0.3, 0.4) is 0 Å². The molecule has 7 heteroatoms. The number of nitro groups is 1. The molecule has 0 aromatic heterocycles. The highest BCUT2D eigenvalue weighted by atomic mass is 79.9. The van der Waals surface area contributed by atoms with E-state index in [-0.39, 0.29) is 22.6 Å². The highest BCUT2D eigenvalue weighted by Crippen LogP contribution is 2.23. The van der Waals surface area contributed by atoms with Gasteiger partial charge >= 0.3 is 0 Å². The Labute approximate surface area is 118 Å². The molecule has 1 atom stereocenters. The van der Waals surface area contributed by atoms with Gasteiger partial charge in [0.25, 0.3) is 5.69 Å². The first-order chi connectivity index (χ1) is 9.06. The van der Waals surface area contributed by atoms with Crippen molar-refractivity contribution in [2.75, 3.05) is 6.54 Å². The Morgan fingerprint density at radius 3 is 2.95 bits per heavy atom. The zero-order valence-corrected chi connectivity index (χ0v) is 11.8. The molecule has 0 saturated carbocycles. The smallest absolute Gasteiger partial charge is 0.275 e. The van der Waals surface area contributed by atoms with Gasteiger partial charge in [0.1, 0.15) is 0 Å². The lowest BCUT2D eigenvalue weighted by molar-refractivity contribution is -0.385. The number of carbonyl (C=O) groups is 1. The molecule has 0 bridgehead atoms. The Balaban J connectivity index is 1.92. The van der Waals surface area contributed by atoms with Crippen LogP contribution in [0.5, 0.6) is 0 Å². The number of nitrogens with one attached hydrogen (secondary N) is 2. The number of rotatable bonds is 5. The van der Waals surface area contributed by atoms with E-state index >= 15 is 0 Å². The average molecular weight is 328 g/mol. The van der Waals surface area contributed by atoms with E-state index in [2.05, 4.69) is 26.6 Å². The third-order valence-electron chi connectivity index (χ3n) is 3.04. The van der Waals surface area contributed by atoms with E-state index < -0.39 is 0 Å². The van der Waals surface area contributed by atoms with Crippen LogP contribution >= 0.6 is 15.9 Å². The van der Waals surface area contributed by atoms with Crippen LogP contribution in [0, 0.1) is 10.1 Å². The largest absolute Gasteiger partial charge is 0.352 e. The van der Waals surface area contributed by atoms with Crippen LogP contribution in [0.4, 0.5) is 5.69 Å². The van der Waals surface area contributed by atoms with Crippen molar-refractivity contribution < 1.29 is 9.72 Å². The lowest BCUT2D eigenvalue weighted by Gasteiger charge is -2.11. The maximum atomic E-state index is 11.0. The highest BCUT2D eigenvalue weighted by molar-refractivity contribution is 9.10.